The zero-order valence-corrected chi connectivity index (χ0v) is 11.6. The van der Waals surface area contributed by atoms with Gasteiger partial charge in [-0.2, -0.15) is 5.10 Å². The summed E-state index contributed by atoms with van der Waals surface area (Å²) in [6, 6.07) is 19.7. The predicted molar refractivity (Wildman–Crippen MR) is 80.6 cm³/mol. The third-order valence-corrected chi connectivity index (χ3v) is 3.60. The van der Waals surface area contributed by atoms with Gasteiger partial charge < -0.3 is 5.11 Å². The fourth-order valence-electron chi connectivity index (χ4n) is 2.50. The van der Waals surface area contributed by atoms with E-state index < -0.39 is 6.10 Å². The van der Waals surface area contributed by atoms with Gasteiger partial charge in [0, 0.05) is 5.92 Å². The van der Waals surface area contributed by atoms with Crippen LogP contribution in [-0.2, 0) is 6.54 Å². The normalized spacial score (nSPS) is 13.8. The van der Waals surface area contributed by atoms with Gasteiger partial charge in [-0.1, -0.05) is 60.7 Å². The minimum absolute atomic E-state index is 0.0738. The van der Waals surface area contributed by atoms with Crippen LogP contribution < -0.4 is 0 Å². The third kappa shape index (κ3) is 3.17. The summed E-state index contributed by atoms with van der Waals surface area (Å²) < 4.78 is 1.75. The van der Waals surface area contributed by atoms with Gasteiger partial charge in [-0.25, -0.2) is 4.98 Å². The van der Waals surface area contributed by atoms with E-state index in [0.29, 0.717) is 6.54 Å². The van der Waals surface area contributed by atoms with Crippen LogP contribution in [0.2, 0.25) is 0 Å². The Bertz CT molecular complexity index is 653. The predicted octanol–water partition coefficient (Wildman–Crippen LogP) is 2.80. The molecule has 2 unspecified atom stereocenters. The molecule has 4 nitrogen and oxygen atoms in total. The van der Waals surface area contributed by atoms with E-state index in [4.69, 9.17) is 0 Å². The van der Waals surface area contributed by atoms with Crippen molar-refractivity contribution in [1.29, 1.82) is 0 Å². The number of benzene rings is 2. The topological polar surface area (TPSA) is 50.9 Å². The van der Waals surface area contributed by atoms with Gasteiger partial charge in [-0.05, 0) is 11.1 Å². The van der Waals surface area contributed by atoms with Crippen LogP contribution >= 0.6 is 0 Å². The number of nitrogens with zero attached hydrogens (tertiary/aromatic N) is 3. The lowest BCUT2D eigenvalue weighted by molar-refractivity contribution is 0.134. The van der Waals surface area contributed by atoms with Crippen LogP contribution in [-0.4, -0.2) is 19.9 Å². The van der Waals surface area contributed by atoms with Crippen LogP contribution in [0.15, 0.2) is 73.3 Å². The molecule has 0 fully saturated rings. The highest BCUT2D eigenvalue weighted by molar-refractivity contribution is 5.26. The van der Waals surface area contributed by atoms with Crippen LogP contribution in [0.1, 0.15) is 23.1 Å². The number of aromatic nitrogens is 3. The molecule has 0 spiro atoms. The fraction of sp³-hybridized carbons (Fsp3) is 0.176. The van der Waals surface area contributed by atoms with E-state index in [1.807, 2.05) is 60.7 Å². The van der Waals surface area contributed by atoms with Gasteiger partial charge in [0.05, 0.1) is 12.6 Å². The quantitative estimate of drug-likeness (QED) is 0.781. The summed E-state index contributed by atoms with van der Waals surface area (Å²) >= 11 is 0. The molecule has 0 radical (unpaired) electrons. The smallest absolute Gasteiger partial charge is 0.137 e. The molecule has 0 saturated carbocycles. The van der Waals surface area contributed by atoms with Crippen molar-refractivity contribution in [3.05, 3.63) is 84.4 Å². The van der Waals surface area contributed by atoms with Crippen molar-refractivity contribution in [3.8, 4) is 0 Å². The highest BCUT2D eigenvalue weighted by Crippen LogP contribution is 2.32. The Morgan fingerprint density at radius 2 is 1.52 bits per heavy atom. The van der Waals surface area contributed by atoms with Crippen molar-refractivity contribution in [2.24, 2.45) is 0 Å². The van der Waals surface area contributed by atoms with E-state index in [1.165, 1.54) is 6.33 Å². The van der Waals surface area contributed by atoms with Crippen molar-refractivity contribution < 1.29 is 5.11 Å². The summed E-state index contributed by atoms with van der Waals surface area (Å²) in [5, 5.41) is 14.9. The number of aliphatic hydroxyl groups excluding tert-OH is 1. The first-order valence-corrected chi connectivity index (χ1v) is 6.95. The van der Waals surface area contributed by atoms with Crippen LogP contribution in [0.3, 0.4) is 0 Å². The van der Waals surface area contributed by atoms with Gasteiger partial charge in [0.15, 0.2) is 0 Å². The highest BCUT2D eigenvalue weighted by atomic mass is 16.3. The maximum absolute atomic E-state index is 10.8. The zero-order chi connectivity index (χ0) is 14.5. The van der Waals surface area contributed by atoms with Gasteiger partial charge in [0.1, 0.15) is 12.7 Å². The second kappa shape index (κ2) is 6.33. The van der Waals surface area contributed by atoms with Gasteiger partial charge in [0.2, 0.25) is 0 Å². The first-order chi connectivity index (χ1) is 10.3. The van der Waals surface area contributed by atoms with E-state index in [-0.39, 0.29) is 5.92 Å². The van der Waals surface area contributed by atoms with E-state index >= 15 is 0 Å². The first kappa shape index (κ1) is 13.5. The van der Waals surface area contributed by atoms with Crippen LogP contribution in [0.25, 0.3) is 0 Å². The molecule has 0 saturated heterocycles. The minimum atomic E-state index is -0.585. The van der Waals surface area contributed by atoms with Crippen LogP contribution in [0, 0.1) is 0 Å². The van der Waals surface area contributed by atoms with Gasteiger partial charge in [-0.3, -0.25) is 4.68 Å². The molecule has 1 heterocycles. The van der Waals surface area contributed by atoms with E-state index in [0.717, 1.165) is 11.1 Å². The molecule has 0 aliphatic rings. The standard InChI is InChI=1S/C17H17N3O/c21-17(15-9-5-2-6-10-15)16(11-20-13-18-12-19-20)14-7-3-1-4-8-14/h1-10,12-13,16-17,21H,11H2. The third-order valence-electron chi connectivity index (χ3n) is 3.60. The maximum atomic E-state index is 10.8. The Hall–Kier alpha value is -2.46. The van der Waals surface area contributed by atoms with Crippen molar-refractivity contribution in [1.82, 2.24) is 14.8 Å². The van der Waals surface area contributed by atoms with E-state index in [1.54, 1.807) is 11.0 Å². The number of aliphatic hydroxyl groups is 1. The van der Waals surface area contributed by atoms with Crippen molar-refractivity contribution in [2.45, 2.75) is 18.6 Å². The van der Waals surface area contributed by atoms with E-state index in [2.05, 4.69) is 10.1 Å². The summed E-state index contributed by atoms with van der Waals surface area (Å²) in [4.78, 5) is 3.97. The molecule has 0 aliphatic carbocycles. The Balaban J connectivity index is 1.92. The SMILES string of the molecule is OC(c1ccccc1)C(Cn1cncn1)c1ccccc1. The molecule has 1 aromatic heterocycles. The summed E-state index contributed by atoms with van der Waals surface area (Å²) in [5.74, 6) is -0.0738. The monoisotopic (exact) mass is 279 g/mol. The molecule has 2 atom stereocenters. The van der Waals surface area contributed by atoms with Crippen molar-refractivity contribution >= 4 is 0 Å². The van der Waals surface area contributed by atoms with Gasteiger partial charge in [-0.15, -0.1) is 0 Å². The summed E-state index contributed by atoms with van der Waals surface area (Å²) in [5.41, 5.74) is 2.00. The van der Waals surface area contributed by atoms with Crippen molar-refractivity contribution in [2.75, 3.05) is 0 Å². The maximum Gasteiger partial charge on any atom is 0.137 e. The molecule has 2 aromatic carbocycles. The van der Waals surface area contributed by atoms with Crippen molar-refractivity contribution in [3.63, 3.8) is 0 Å². The molecule has 106 valence electrons. The molecular formula is C17H17N3O. The molecular weight excluding hydrogens is 262 g/mol. The molecule has 4 heteroatoms. The van der Waals surface area contributed by atoms with Crippen LogP contribution in [0.4, 0.5) is 0 Å². The molecule has 0 bridgehead atoms. The fourth-order valence-corrected chi connectivity index (χ4v) is 2.50. The summed E-state index contributed by atoms with van der Waals surface area (Å²) in [7, 11) is 0. The lowest BCUT2D eigenvalue weighted by atomic mass is 9.89. The second-order valence-electron chi connectivity index (χ2n) is 4.99. The molecule has 3 rings (SSSR count). The minimum Gasteiger partial charge on any atom is -0.388 e. The van der Waals surface area contributed by atoms with Gasteiger partial charge in [0.25, 0.3) is 0 Å². The zero-order valence-electron chi connectivity index (χ0n) is 11.6. The molecule has 3 aromatic rings. The Morgan fingerprint density at radius 1 is 0.905 bits per heavy atom. The molecule has 0 amide bonds. The molecule has 21 heavy (non-hydrogen) atoms. The number of hydrogen-bond acceptors (Lipinski definition) is 3. The summed E-state index contributed by atoms with van der Waals surface area (Å²) in [6.45, 7) is 0.583. The largest absolute Gasteiger partial charge is 0.388 e. The Kier molecular flexibility index (Phi) is 4.07. The van der Waals surface area contributed by atoms with E-state index in [9.17, 15) is 5.11 Å². The number of hydrogen-bond donors (Lipinski definition) is 1. The lowest BCUT2D eigenvalue weighted by Crippen LogP contribution is -2.17. The van der Waals surface area contributed by atoms with Crippen LogP contribution in [0.5, 0.6) is 0 Å². The average molecular weight is 279 g/mol. The van der Waals surface area contributed by atoms with Gasteiger partial charge >= 0.3 is 0 Å². The second-order valence-corrected chi connectivity index (χ2v) is 4.99. The Morgan fingerprint density at radius 3 is 2.10 bits per heavy atom. The molecule has 1 N–H and O–H groups in total. The summed E-state index contributed by atoms with van der Waals surface area (Å²) in [6.07, 6.45) is 2.60. The first-order valence-electron chi connectivity index (χ1n) is 6.95. The highest BCUT2D eigenvalue weighted by Gasteiger charge is 2.23. The lowest BCUT2D eigenvalue weighted by Gasteiger charge is -2.23. The number of rotatable bonds is 5. The Labute approximate surface area is 123 Å². The molecule has 0 aliphatic heterocycles. The average Bonchev–Trinajstić information content (AvgIpc) is 3.07.